The maximum Gasteiger partial charge on any atom is 0.0521 e. The number of halogens is 1. The average molecular weight is 273 g/mol. The van der Waals surface area contributed by atoms with Crippen LogP contribution in [0.15, 0.2) is 48.5 Å². The van der Waals surface area contributed by atoms with E-state index in [1.165, 1.54) is 16.8 Å². The number of nitrogens with one attached hydrogen (secondary N) is 1. The van der Waals surface area contributed by atoms with Gasteiger partial charge in [0.05, 0.1) is 6.04 Å². The molecule has 0 spiro atoms. The molecule has 19 heavy (non-hydrogen) atoms. The Morgan fingerprint density at radius 2 is 1.95 bits per heavy atom. The van der Waals surface area contributed by atoms with Gasteiger partial charge in [0, 0.05) is 23.8 Å². The van der Waals surface area contributed by atoms with Gasteiger partial charge in [-0.15, -0.1) is 0 Å². The van der Waals surface area contributed by atoms with Crippen molar-refractivity contribution in [2.24, 2.45) is 0 Å². The van der Waals surface area contributed by atoms with E-state index in [9.17, 15) is 0 Å². The van der Waals surface area contributed by atoms with Gasteiger partial charge in [0.1, 0.15) is 0 Å². The number of nitrogens with zero attached hydrogens (tertiary/aromatic N) is 1. The highest BCUT2D eigenvalue weighted by Crippen LogP contribution is 2.30. The summed E-state index contributed by atoms with van der Waals surface area (Å²) in [6.07, 6.45) is 0. The first-order valence-corrected chi connectivity index (χ1v) is 6.89. The van der Waals surface area contributed by atoms with Crippen LogP contribution < -0.4 is 5.32 Å². The molecule has 0 saturated carbocycles. The number of fused-ring (bicyclic) bond motifs is 1. The molecule has 2 aromatic carbocycles. The van der Waals surface area contributed by atoms with Crippen LogP contribution in [0.25, 0.3) is 0 Å². The summed E-state index contributed by atoms with van der Waals surface area (Å²) in [6.45, 7) is 1.82. The van der Waals surface area contributed by atoms with Crippen LogP contribution in [0.2, 0.25) is 5.02 Å². The topological polar surface area (TPSA) is 15.3 Å². The fraction of sp³-hybridized carbons (Fsp3) is 0.250. The monoisotopic (exact) mass is 272 g/mol. The first kappa shape index (κ1) is 12.5. The van der Waals surface area contributed by atoms with Gasteiger partial charge in [0.15, 0.2) is 0 Å². The van der Waals surface area contributed by atoms with Crippen molar-refractivity contribution in [1.82, 2.24) is 4.90 Å². The molecule has 2 aromatic rings. The summed E-state index contributed by atoms with van der Waals surface area (Å²) in [4.78, 5) is 2.37. The maximum atomic E-state index is 6.08. The van der Waals surface area contributed by atoms with Crippen LogP contribution in [0, 0.1) is 0 Å². The lowest BCUT2D eigenvalue weighted by molar-refractivity contribution is 0.252. The van der Waals surface area contributed by atoms with Crippen LogP contribution in [0.3, 0.4) is 0 Å². The van der Waals surface area contributed by atoms with E-state index in [1.807, 2.05) is 12.1 Å². The molecule has 0 saturated heterocycles. The summed E-state index contributed by atoms with van der Waals surface area (Å²) >= 11 is 6.08. The van der Waals surface area contributed by atoms with Crippen molar-refractivity contribution >= 4 is 17.3 Å². The standard InChI is InChI=1S/C16H17ClN2/c1-19-11-13-9-14(17)7-8-15(13)18-10-16(19)12-5-3-2-4-6-12/h2-9,16,18H,10-11H2,1H3. The summed E-state index contributed by atoms with van der Waals surface area (Å²) in [6, 6.07) is 17.1. The summed E-state index contributed by atoms with van der Waals surface area (Å²) in [5, 5.41) is 4.33. The molecule has 98 valence electrons. The molecule has 2 nitrogen and oxygen atoms in total. The van der Waals surface area contributed by atoms with E-state index >= 15 is 0 Å². The Labute approximate surface area is 119 Å². The fourth-order valence-corrected chi connectivity index (χ4v) is 2.85. The molecule has 0 aliphatic carbocycles. The van der Waals surface area contributed by atoms with Gasteiger partial charge in [-0.25, -0.2) is 0 Å². The van der Waals surface area contributed by atoms with Crippen molar-refractivity contribution in [1.29, 1.82) is 0 Å². The van der Waals surface area contributed by atoms with Crippen molar-refractivity contribution in [3.05, 3.63) is 64.7 Å². The van der Waals surface area contributed by atoms with E-state index in [1.54, 1.807) is 0 Å². The number of hydrogen-bond donors (Lipinski definition) is 1. The van der Waals surface area contributed by atoms with Crippen molar-refractivity contribution in [3.8, 4) is 0 Å². The van der Waals surface area contributed by atoms with E-state index in [0.717, 1.165) is 18.1 Å². The Hall–Kier alpha value is -1.51. The highest BCUT2D eigenvalue weighted by Gasteiger charge is 2.21. The molecule has 3 rings (SSSR count). The lowest BCUT2D eigenvalue weighted by Gasteiger charge is -2.25. The van der Waals surface area contributed by atoms with Crippen LogP contribution in [0.1, 0.15) is 17.2 Å². The van der Waals surface area contributed by atoms with E-state index in [4.69, 9.17) is 11.6 Å². The Balaban J connectivity index is 1.90. The van der Waals surface area contributed by atoms with Crippen LogP contribution in [-0.4, -0.2) is 18.5 Å². The van der Waals surface area contributed by atoms with E-state index in [2.05, 4.69) is 53.7 Å². The molecule has 0 amide bonds. The molecular weight excluding hydrogens is 256 g/mol. The van der Waals surface area contributed by atoms with Gasteiger partial charge in [-0.1, -0.05) is 41.9 Å². The van der Waals surface area contributed by atoms with Gasteiger partial charge in [-0.3, -0.25) is 4.90 Å². The van der Waals surface area contributed by atoms with Crippen LogP contribution in [-0.2, 0) is 6.54 Å². The lowest BCUT2D eigenvalue weighted by atomic mass is 10.1. The number of hydrogen-bond acceptors (Lipinski definition) is 2. The zero-order valence-corrected chi connectivity index (χ0v) is 11.7. The SMILES string of the molecule is CN1Cc2cc(Cl)ccc2NCC1c1ccccc1. The Morgan fingerprint density at radius 3 is 2.74 bits per heavy atom. The minimum absolute atomic E-state index is 0.382. The predicted molar refractivity (Wildman–Crippen MR) is 80.6 cm³/mol. The first-order valence-electron chi connectivity index (χ1n) is 6.51. The normalized spacial score (nSPS) is 19.4. The second-order valence-electron chi connectivity index (χ2n) is 5.02. The molecule has 1 N–H and O–H groups in total. The maximum absolute atomic E-state index is 6.08. The highest BCUT2D eigenvalue weighted by molar-refractivity contribution is 6.30. The zero-order chi connectivity index (χ0) is 13.2. The Bertz CT molecular complexity index is 568. The smallest absolute Gasteiger partial charge is 0.0521 e. The minimum atomic E-state index is 0.382. The van der Waals surface area contributed by atoms with Gasteiger partial charge in [0.25, 0.3) is 0 Å². The van der Waals surface area contributed by atoms with Crippen LogP contribution >= 0.6 is 11.6 Å². The quantitative estimate of drug-likeness (QED) is 0.846. The Morgan fingerprint density at radius 1 is 1.16 bits per heavy atom. The summed E-state index contributed by atoms with van der Waals surface area (Å²) in [5.41, 5.74) is 3.79. The fourth-order valence-electron chi connectivity index (χ4n) is 2.65. The van der Waals surface area contributed by atoms with E-state index in [0.29, 0.717) is 6.04 Å². The zero-order valence-electron chi connectivity index (χ0n) is 10.9. The number of rotatable bonds is 1. The molecule has 0 aromatic heterocycles. The van der Waals surface area contributed by atoms with Crippen LogP contribution in [0.4, 0.5) is 5.69 Å². The lowest BCUT2D eigenvalue weighted by Crippen LogP contribution is -2.26. The van der Waals surface area contributed by atoms with Gasteiger partial charge in [-0.05, 0) is 36.4 Å². The van der Waals surface area contributed by atoms with Crippen LogP contribution in [0.5, 0.6) is 0 Å². The van der Waals surface area contributed by atoms with Gasteiger partial charge >= 0.3 is 0 Å². The third-order valence-electron chi connectivity index (χ3n) is 3.69. The van der Waals surface area contributed by atoms with Gasteiger partial charge < -0.3 is 5.32 Å². The molecule has 0 bridgehead atoms. The minimum Gasteiger partial charge on any atom is -0.383 e. The molecule has 1 unspecified atom stereocenters. The third-order valence-corrected chi connectivity index (χ3v) is 3.92. The summed E-state index contributed by atoms with van der Waals surface area (Å²) in [5.74, 6) is 0. The van der Waals surface area contributed by atoms with E-state index in [-0.39, 0.29) is 0 Å². The molecule has 1 aliphatic heterocycles. The summed E-state index contributed by atoms with van der Waals surface area (Å²) in [7, 11) is 2.16. The van der Waals surface area contributed by atoms with Crippen molar-refractivity contribution in [2.75, 3.05) is 18.9 Å². The molecule has 1 heterocycles. The van der Waals surface area contributed by atoms with Gasteiger partial charge in [-0.2, -0.15) is 0 Å². The number of benzene rings is 2. The highest BCUT2D eigenvalue weighted by atomic mass is 35.5. The Kier molecular flexibility index (Phi) is 3.45. The molecule has 1 atom stereocenters. The largest absolute Gasteiger partial charge is 0.383 e. The second kappa shape index (κ2) is 5.24. The molecular formula is C16H17ClN2. The summed E-state index contributed by atoms with van der Waals surface area (Å²) < 4.78 is 0. The van der Waals surface area contributed by atoms with Gasteiger partial charge in [0.2, 0.25) is 0 Å². The average Bonchev–Trinajstić information content (AvgIpc) is 2.57. The third kappa shape index (κ3) is 2.60. The number of anilines is 1. The molecule has 0 radical (unpaired) electrons. The molecule has 1 aliphatic rings. The van der Waals surface area contributed by atoms with E-state index < -0.39 is 0 Å². The number of likely N-dealkylation sites (N-methyl/N-ethyl adjacent to an activating group) is 1. The second-order valence-corrected chi connectivity index (χ2v) is 5.46. The van der Waals surface area contributed by atoms with Crippen molar-refractivity contribution in [3.63, 3.8) is 0 Å². The molecule has 3 heteroatoms. The van der Waals surface area contributed by atoms with Crippen molar-refractivity contribution < 1.29 is 0 Å². The molecule has 0 fully saturated rings. The van der Waals surface area contributed by atoms with Crippen molar-refractivity contribution in [2.45, 2.75) is 12.6 Å². The first-order chi connectivity index (χ1) is 9.24. The predicted octanol–water partition coefficient (Wildman–Crippen LogP) is 3.94.